The van der Waals surface area contributed by atoms with Gasteiger partial charge in [0.1, 0.15) is 0 Å². The fourth-order valence-corrected chi connectivity index (χ4v) is 4.86. The Bertz CT molecular complexity index is 624. The third-order valence-electron chi connectivity index (χ3n) is 4.08. The van der Waals surface area contributed by atoms with Crippen molar-refractivity contribution in [2.75, 3.05) is 23.4 Å². The minimum absolute atomic E-state index is 0.00932. The van der Waals surface area contributed by atoms with Crippen molar-refractivity contribution in [3.05, 3.63) is 29.8 Å². The van der Waals surface area contributed by atoms with Crippen LogP contribution in [0.3, 0.4) is 0 Å². The molecular formula is C16H24N2O2S2. The van der Waals surface area contributed by atoms with Crippen LogP contribution in [0.4, 0.5) is 5.69 Å². The third-order valence-corrected chi connectivity index (χ3v) is 6.17. The van der Waals surface area contributed by atoms with E-state index in [4.69, 9.17) is 12.2 Å². The van der Waals surface area contributed by atoms with Crippen molar-refractivity contribution < 1.29 is 8.42 Å². The summed E-state index contributed by atoms with van der Waals surface area (Å²) in [5.41, 5.74) is 2.22. The molecule has 1 aliphatic heterocycles. The van der Waals surface area contributed by atoms with Gasteiger partial charge in [-0.05, 0) is 49.2 Å². The monoisotopic (exact) mass is 340 g/mol. The summed E-state index contributed by atoms with van der Waals surface area (Å²) in [4.78, 5) is 1.98. The van der Waals surface area contributed by atoms with Crippen molar-refractivity contribution in [2.45, 2.75) is 39.2 Å². The first kappa shape index (κ1) is 17.2. The van der Waals surface area contributed by atoms with E-state index in [9.17, 15) is 8.42 Å². The van der Waals surface area contributed by atoms with Gasteiger partial charge in [-0.2, -0.15) is 0 Å². The minimum Gasteiger partial charge on any atom is -0.345 e. The minimum atomic E-state index is -2.90. The Morgan fingerprint density at radius 2 is 2.00 bits per heavy atom. The summed E-state index contributed by atoms with van der Waals surface area (Å²) in [5.74, 6) is 0.964. The molecule has 0 unspecified atom stereocenters. The van der Waals surface area contributed by atoms with Crippen LogP contribution in [0.15, 0.2) is 24.3 Å². The molecule has 0 amide bonds. The molecule has 22 heavy (non-hydrogen) atoms. The molecule has 1 N–H and O–H groups in total. The molecule has 1 aromatic rings. The predicted molar refractivity (Wildman–Crippen MR) is 96.2 cm³/mol. The molecule has 2 rings (SSSR count). The molecule has 1 aliphatic rings. The number of benzene rings is 1. The normalized spacial score (nSPS) is 20.1. The van der Waals surface area contributed by atoms with Crippen molar-refractivity contribution >= 4 is 32.9 Å². The van der Waals surface area contributed by atoms with Gasteiger partial charge < -0.3 is 10.2 Å². The topological polar surface area (TPSA) is 49.4 Å². The summed E-state index contributed by atoms with van der Waals surface area (Å²) in [6.07, 6.45) is 0.657. The van der Waals surface area contributed by atoms with Gasteiger partial charge in [0, 0.05) is 18.3 Å². The maximum atomic E-state index is 11.7. The predicted octanol–water partition coefficient (Wildman–Crippen LogP) is 3.02. The van der Waals surface area contributed by atoms with Gasteiger partial charge in [0.05, 0.1) is 11.5 Å². The molecule has 0 spiro atoms. The van der Waals surface area contributed by atoms with Crippen LogP contribution >= 0.6 is 12.2 Å². The maximum Gasteiger partial charge on any atom is 0.173 e. The van der Waals surface area contributed by atoms with Crippen LogP contribution in [-0.4, -0.2) is 42.5 Å². The number of anilines is 1. The number of nitrogens with zero attached hydrogens (tertiary/aromatic N) is 1. The summed E-state index contributed by atoms with van der Waals surface area (Å²) in [7, 11) is -2.90. The van der Waals surface area contributed by atoms with Gasteiger partial charge in [0.2, 0.25) is 0 Å². The van der Waals surface area contributed by atoms with E-state index in [1.807, 2.05) is 24.0 Å². The zero-order valence-corrected chi connectivity index (χ0v) is 15.0. The molecule has 4 nitrogen and oxygen atoms in total. The molecule has 1 saturated heterocycles. The number of hydrogen-bond acceptors (Lipinski definition) is 3. The largest absolute Gasteiger partial charge is 0.345 e. The van der Waals surface area contributed by atoms with Gasteiger partial charge >= 0.3 is 0 Å². The molecule has 0 aromatic heterocycles. The van der Waals surface area contributed by atoms with Crippen molar-refractivity contribution in [1.29, 1.82) is 0 Å². The highest BCUT2D eigenvalue weighted by Gasteiger charge is 2.32. The Morgan fingerprint density at radius 1 is 1.36 bits per heavy atom. The molecule has 1 aromatic carbocycles. The smallest absolute Gasteiger partial charge is 0.173 e. The second kappa shape index (κ2) is 6.96. The maximum absolute atomic E-state index is 11.7. The average Bonchev–Trinajstić information content (AvgIpc) is 2.80. The van der Waals surface area contributed by atoms with E-state index in [2.05, 4.69) is 31.3 Å². The highest BCUT2D eigenvalue weighted by atomic mass is 32.2. The average molecular weight is 341 g/mol. The summed E-state index contributed by atoms with van der Waals surface area (Å²) < 4.78 is 23.3. The highest BCUT2D eigenvalue weighted by Crippen LogP contribution is 2.20. The van der Waals surface area contributed by atoms with Crippen molar-refractivity contribution in [3.8, 4) is 0 Å². The van der Waals surface area contributed by atoms with Crippen LogP contribution in [0, 0.1) is 0 Å². The van der Waals surface area contributed by atoms with Crippen LogP contribution < -0.4 is 5.32 Å². The first-order chi connectivity index (χ1) is 10.3. The summed E-state index contributed by atoms with van der Waals surface area (Å²) >= 11 is 5.47. The Labute approximate surface area is 138 Å². The van der Waals surface area contributed by atoms with Gasteiger partial charge in [-0.1, -0.05) is 26.0 Å². The van der Waals surface area contributed by atoms with E-state index in [-0.39, 0.29) is 17.5 Å². The number of nitrogens with one attached hydrogen (secondary N) is 1. The zero-order chi connectivity index (χ0) is 16.3. The Kier molecular flexibility index (Phi) is 5.45. The van der Waals surface area contributed by atoms with Crippen molar-refractivity contribution in [3.63, 3.8) is 0 Å². The van der Waals surface area contributed by atoms with E-state index in [0.717, 1.165) is 5.69 Å². The van der Waals surface area contributed by atoms with Gasteiger partial charge in [-0.3, -0.25) is 0 Å². The number of rotatable bonds is 4. The lowest BCUT2D eigenvalue weighted by Gasteiger charge is -2.29. The van der Waals surface area contributed by atoms with Crippen LogP contribution in [-0.2, 0) is 9.84 Å². The standard InChI is InChI=1S/C16H24N2O2S2/c1-4-18(15-9-10-22(19,20)11-15)16(21)17-14-7-5-13(6-8-14)12(2)3/h5-8,12,15H,4,9-11H2,1-3H3,(H,17,21)/t15-/m0/s1. The Balaban J connectivity index is 2.03. The van der Waals surface area contributed by atoms with Crippen LogP contribution in [0.25, 0.3) is 0 Å². The molecular weight excluding hydrogens is 316 g/mol. The van der Waals surface area contributed by atoms with Gasteiger partial charge in [-0.15, -0.1) is 0 Å². The van der Waals surface area contributed by atoms with E-state index in [0.29, 0.717) is 24.0 Å². The van der Waals surface area contributed by atoms with E-state index >= 15 is 0 Å². The second-order valence-electron chi connectivity index (χ2n) is 6.05. The third kappa shape index (κ3) is 4.20. The van der Waals surface area contributed by atoms with E-state index in [1.165, 1.54) is 5.56 Å². The molecule has 6 heteroatoms. The molecule has 0 aliphatic carbocycles. The quantitative estimate of drug-likeness (QED) is 0.854. The molecule has 0 radical (unpaired) electrons. The van der Waals surface area contributed by atoms with Gasteiger partial charge in [-0.25, -0.2) is 8.42 Å². The molecule has 1 heterocycles. The molecule has 122 valence electrons. The van der Waals surface area contributed by atoms with E-state index < -0.39 is 9.84 Å². The fraction of sp³-hybridized carbons (Fsp3) is 0.562. The zero-order valence-electron chi connectivity index (χ0n) is 13.4. The second-order valence-corrected chi connectivity index (χ2v) is 8.67. The Morgan fingerprint density at radius 3 is 2.45 bits per heavy atom. The number of thiocarbonyl (C=S) groups is 1. The highest BCUT2D eigenvalue weighted by molar-refractivity contribution is 7.91. The summed E-state index contributed by atoms with van der Waals surface area (Å²) in [5, 5.41) is 3.82. The molecule has 0 bridgehead atoms. The van der Waals surface area contributed by atoms with E-state index in [1.54, 1.807) is 0 Å². The van der Waals surface area contributed by atoms with Gasteiger partial charge in [0.25, 0.3) is 0 Å². The van der Waals surface area contributed by atoms with Crippen LogP contribution in [0.2, 0.25) is 0 Å². The number of sulfone groups is 1. The van der Waals surface area contributed by atoms with Crippen molar-refractivity contribution in [2.24, 2.45) is 0 Å². The lowest BCUT2D eigenvalue weighted by Crippen LogP contribution is -2.43. The summed E-state index contributed by atoms with van der Waals surface area (Å²) in [6.45, 7) is 7.02. The lowest BCUT2D eigenvalue weighted by atomic mass is 10.0. The molecule has 1 atom stereocenters. The summed E-state index contributed by atoms with van der Waals surface area (Å²) in [6, 6.07) is 8.20. The van der Waals surface area contributed by atoms with Crippen molar-refractivity contribution in [1.82, 2.24) is 4.90 Å². The SMILES string of the molecule is CCN(C(=S)Nc1ccc(C(C)C)cc1)[C@H]1CCS(=O)(=O)C1. The Hall–Kier alpha value is -1.14. The van der Waals surface area contributed by atoms with Crippen LogP contribution in [0.1, 0.15) is 38.7 Å². The lowest BCUT2D eigenvalue weighted by molar-refractivity contribution is 0.355. The molecule has 0 saturated carbocycles. The fourth-order valence-electron chi connectivity index (χ4n) is 2.74. The first-order valence-corrected chi connectivity index (χ1v) is 9.93. The number of hydrogen-bond donors (Lipinski definition) is 1. The molecule has 1 fully saturated rings. The van der Waals surface area contributed by atoms with Gasteiger partial charge in [0.15, 0.2) is 14.9 Å². The van der Waals surface area contributed by atoms with Crippen LogP contribution in [0.5, 0.6) is 0 Å². The first-order valence-electron chi connectivity index (χ1n) is 7.70.